The number of fused-ring (bicyclic) bond motifs is 1. The molecule has 2 aliphatic heterocycles. The molecule has 1 saturated heterocycles. The van der Waals surface area contributed by atoms with Gasteiger partial charge in [-0.2, -0.15) is 0 Å². The molecule has 3 unspecified atom stereocenters. The van der Waals surface area contributed by atoms with Crippen LogP contribution < -0.4 is 25.5 Å². The molecule has 8 heteroatoms. The summed E-state index contributed by atoms with van der Waals surface area (Å²) in [6, 6.07) is 6.32. The first kappa shape index (κ1) is 21.7. The molecule has 0 radical (unpaired) electrons. The van der Waals surface area contributed by atoms with Crippen molar-refractivity contribution in [3.63, 3.8) is 0 Å². The van der Waals surface area contributed by atoms with Gasteiger partial charge in [-0.1, -0.05) is 6.07 Å². The maximum atomic E-state index is 12.1. The zero-order valence-corrected chi connectivity index (χ0v) is 19.7. The minimum absolute atomic E-state index is 0.106. The summed E-state index contributed by atoms with van der Waals surface area (Å²) in [7, 11) is 3.50. The maximum absolute atomic E-state index is 12.1. The number of methoxy groups -OCH3 is 1. The van der Waals surface area contributed by atoms with E-state index in [2.05, 4.69) is 22.9 Å². The normalized spacial score (nSPS) is 23.0. The molecule has 8 nitrogen and oxygen atoms in total. The van der Waals surface area contributed by atoms with Crippen molar-refractivity contribution in [1.82, 2.24) is 19.8 Å². The molecule has 3 heterocycles. The minimum atomic E-state index is -0.125. The molecule has 3 atom stereocenters. The third-order valence-corrected chi connectivity index (χ3v) is 6.77. The zero-order chi connectivity index (χ0) is 23.1. The van der Waals surface area contributed by atoms with Crippen LogP contribution in [0.5, 0.6) is 11.5 Å². The predicted octanol–water partition coefficient (Wildman–Crippen LogP) is 1.70. The highest BCUT2D eigenvalue weighted by molar-refractivity contribution is 5.78. The number of imidazole rings is 1. The first-order chi connectivity index (χ1) is 16.0. The third kappa shape index (κ3) is 4.14. The van der Waals surface area contributed by atoms with Crippen LogP contribution in [-0.2, 0) is 9.53 Å². The van der Waals surface area contributed by atoms with E-state index in [0.29, 0.717) is 37.1 Å². The first-order valence-corrected chi connectivity index (χ1v) is 11.7. The van der Waals surface area contributed by atoms with E-state index < -0.39 is 0 Å². The van der Waals surface area contributed by atoms with Crippen LogP contribution in [0.4, 0.5) is 0 Å². The molecule has 0 bridgehead atoms. The van der Waals surface area contributed by atoms with E-state index in [0.717, 1.165) is 35.0 Å². The fourth-order valence-corrected chi connectivity index (χ4v) is 4.69. The van der Waals surface area contributed by atoms with Crippen molar-refractivity contribution in [2.24, 2.45) is 5.92 Å². The highest BCUT2D eigenvalue weighted by atomic mass is 16.5. The fourth-order valence-electron chi connectivity index (χ4n) is 4.69. The number of nitrogens with zero attached hydrogens (tertiary/aromatic N) is 3. The molecule has 1 N–H and O–H groups in total. The van der Waals surface area contributed by atoms with E-state index in [9.17, 15) is 4.79 Å². The predicted molar refractivity (Wildman–Crippen MR) is 124 cm³/mol. The molecule has 1 amide bonds. The van der Waals surface area contributed by atoms with Gasteiger partial charge in [-0.05, 0) is 50.5 Å². The Balaban J connectivity index is 1.49. The topological polar surface area (TPSA) is 77.9 Å². The van der Waals surface area contributed by atoms with Gasteiger partial charge in [0, 0.05) is 32.0 Å². The molecule has 176 valence electrons. The second-order valence-corrected chi connectivity index (χ2v) is 9.14. The van der Waals surface area contributed by atoms with Gasteiger partial charge >= 0.3 is 0 Å². The molecule has 2 fully saturated rings. The lowest BCUT2D eigenvalue weighted by molar-refractivity contribution is -0.126. The Morgan fingerprint density at radius 1 is 1.27 bits per heavy atom. The van der Waals surface area contributed by atoms with Crippen molar-refractivity contribution in [2.75, 3.05) is 27.3 Å². The molecule has 2 aromatic rings. The minimum Gasteiger partial charge on any atom is -0.493 e. The molecular formula is C25H32N4O4. The fraction of sp³-hybridized carbons (Fsp3) is 0.520. The van der Waals surface area contributed by atoms with Crippen molar-refractivity contribution < 1.29 is 19.0 Å². The van der Waals surface area contributed by atoms with Crippen LogP contribution in [0.2, 0.25) is 0 Å². The molecule has 0 spiro atoms. The number of carbonyl (C=O) groups excluding carboxylic acids is 1. The van der Waals surface area contributed by atoms with Crippen molar-refractivity contribution in [3.05, 3.63) is 40.8 Å². The van der Waals surface area contributed by atoms with Gasteiger partial charge in [-0.3, -0.25) is 4.79 Å². The van der Waals surface area contributed by atoms with Crippen LogP contribution in [0.3, 0.4) is 0 Å². The van der Waals surface area contributed by atoms with Crippen LogP contribution in [0.25, 0.3) is 12.0 Å². The highest BCUT2D eigenvalue weighted by Crippen LogP contribution is 2.34. The summed E-state index contributed by atoms with van der Waals surface area (Å²) in [5, 5.41) is 5.52. The number of likely N-dealkylation sites (tertiary alicyclic amines) is 1. The molecular weight excluding hydrogens is 420 g/mol. The van der Waals surface area contributed by atoms with Crippen molar-refractivity contribution in [2.45, 2.75) is 51.3 Å². The summed E-state index contributed by atoms with van der Waals surface area (Å²) < 4.78 is 20.0. The Hall–Kier alpha value is -3.16. The standard InChI is InChI=1S/C25H32N4O4/c1-5-32-22-10-16(6-9-21(22)31-4)19-12-20-24(29(14-26-20)18-7-8-18)25(27-19)33-15(2)17-11-23(30)28(3)13-17/h6,9-10,12,14-15,17-19,27H,5,7-8,11,13H2,1-4H3. The Kier molecular flexibility index (Phi) is 5.68. The molecule has 5 rings (SSSR count). The number of aromatic nitrogens is 2. The molecule has 3 aliphatic rings. The second kappa shape index (κ2) is 8.65. The van der Waals surface area contributed by atoms with Crippen molar-refractivity contribution in [1.29, 1.82) is 0 Å². The summed E-state index contributed by atoms with van der Waals surface area (Å²) in [4.78, 5) is 18.6. The van der Waals surface area contributed by atoms with Crippen LogP contribution in [0.1, 0.15) is 50.8 Å². The van der Waals surface area contributed by atoms with Crippen LogP contribution >= 0.6 is 0 Å². The largest absolute Gasteiger partial charge is 0.493 e. The Bertz CT molecular complexity index is 1170. The van der Waals surface area contributed by atoms with E-state index >= 15 is 0 Å². The second-order valence-electron chi connectivity index (χ2n) is 9.14. The number of ether oxygens (including phenoxy) is 3. The summed E-state index contributed by atoms with van der Waals surface area (Å²) in [5.41, 5.74) is 1.04. The number of hydrogen-bond acceptors (Lipinski definition) is 6. The van der Waals surface area contributed by atoms with Crippen LogP contribution in [0.15, 0.2) is 24.5 Å². The molecule has 1 aromatic carbocycles. The van der Waals surface area contributed by atoms with Crippen LogP contribution in [-0.4, -0.2) is 53.8 Å². The van der Waals surface area contributed by atoms with Crippen molar-refractivity contribution >= 4 is 17.9 Å². The Morgan fingerprint density at radius 2 is 2.09 bits per heavy atom. The maximum Gasteiger partial charge on any atom is 0.222 e. The third-order valence-electron chi connectivity index (χ3n) is 6.77. The van der Waals surface area contributed by atoms with Gasteiger partial charge in [0.2, 0.25) is 11.8 Å². The number of carbonyl (C=O) groups is 1. The van der Waals surface area contributed by atoms with E-state index in [1.165, 1.54) is 0 Å². The molecule has 1 aliphatic carbocycles. The van der Waals surface area contributed by atoms with Gasteiger partial charge in [0.05, 0.1) is 31.4 Å². The van der Waals surface area contributed by atoms with Gasteiger partial charge in [0.1, 0.15) is 11.5 Å². The quantitative estimate of drug-likeness (QED) is 0.657. The Morgan fingerprint density at radius 3 is 2.76 bits per heavy atom. The molecule has 1 aromatic heterocycles. The summed E-state index contributed by atoms with van der Waals surface area (Å²) in [6.45, 7) is 5.29. The SMILES string of the molecule is CCOc1cc(C2C=c3ncn(C4CC4)c3=C(OC(C)C3CC(=O)N(C)C3)N2)ccc1OC. The molecule has 33 heavy (non-hydrogen) atoms. The average Bonchev–Trinajstić information content (AvgIpc) is 3.47. The number of hydrogen-bond donors (Lipinski definition) is 1. The van der Waals surface area contributed by atoms with E-state index in [-0.39, 0.29) is 24.0 Å². The van der Waals surface area contributed by atoms with E-state index in [4.69, 9.17) is 19.2 Å². The van der Waals surface area contributed by atoms with Gasteiger partial charge in [-0.25, -0.2) is 4.98 Å². The number of nitrogens with one attached hydrogen (secondary N) is 1. The number of amides is 1. The van der Waals surface area contributed by atoms with E-state index in [1.807, 2.05) is 38.5 Å². The van der Waals surface area contributed by atoms with Crippen LogP contribution in [0, 0.1) is 5.92 Å². The van der Waals surface area contributed by atoms with Gasteiger partial charge < -0.3 is 29.0 Å². The van der Waals surface area contributed by atoms with Gasteiger partial charge in [0.15, 0.2) is 11.5 Å². The molecule has 1 saturated carbocycles. The van der Waals surface area contributed by atoms with Gasteiger partial charge in [0.25, 0.3) is 0 Å². The lowest BCUT2D eigenvalue weighted by Gasteiger charge is -2.27. The van der Waals surface area contributed by atoms with Crippen molar-refractivity contribution in [3.8, 4) is 11.5 Å². The Labute approximate surface area is 193 Å². The lowest BCUT2D eigenvalue weighted by atomic mass is 10.0. The lowest BCUT2D eigenvalue weighted by Crippen LogP contribution is -2.44. The monoisotopic (exact) mass is 452 g/mol. The summed E-state index contributed by atoms with van der Waals surface area (Å²) in [5.74, 6) is 2.48. The first-order valence-electron chi connectivity index (χ1n) is 11.7. The summed E-state index contributed by atoms with van der Waals surface area (Å²) >= 11 is 0. The average molecular weight is 453 g/mol. The smallest absolute Gasteiger partial charge is 0.222 e. The van der Waals surface area contributed by atoms with E-state index in [1.54, 1.807) is 12.0 Å². The zero-order valence-electron chi connectivity index (χ0n) is 19.7. The highest BCUT2D eigenvalue weighted by Gasteiger charge is 2.34. The van der Waals surface area contributed by atoms with Gasteiger partial charge in [-0.15, -0.1) is 0 Å². The number of benzene rings is 1. The summed E-state index contributed by atoms with van der Waals surface area (Å²) in [6.07, 6.45) is 6.79. The number of rotatable bonds is 8.